The summed E-state index contributed by atoms with van der Waals surface area (Å²) < 4.78 is 0.873. The smallest absolute Gasteiger partial charge is 0.284 e. The Labute approximate surface area is 162 Å². The molecule has 8 heteroatoms. The van der Waals surface area contributed by atoms with Crippen LogP contribution in [0.15, 0.2) is 57.9 Å². The Morgan fingerprint density at radius 1 is 1.24 bits per heavy atom. The van der Waals surface area contributed by atoms with Crippen LogP contribution in [0.3, 0.4) is 0 Å². The van der Waals surface area contributed by atoms with Crippen molar-refractivity contribution in [2.45, 2.75) is 6.54 Å². The Morgan fingerprint density at radius 2 is 1.96 bits per heavy atom. The first-order valence-electron chi connectivity index (χ1n) is 7.19. The number of carbonyl (C=O) groups excluding carboxylic acids is 1. The van der Waals surface area contributed by atoms with Gasteiger partial charge in [-0.3, -0.25) is 19.8 Å². The Hall–Kier alpha value is -2.03. The lowest BCUT2D eigenvalue weighted by Crippen LogP contribution is -2.27. The fourth-order valence-corrected chi connectivity index (χ4v) is 3.96. The molecule has 0 unspecified atom stereocenters. The number of rotatable bonds is 4. The molecule has 126 valence electrons. The largest absolute Gasteiger partial charge is 0.288 e. The fourth-order valence-electron chi connectivity index (χ4n) is 2.31. The third-order valence-corrected chi connectivity index (χ3v) is 5.57. The number of thiocarbonyl (C=S) groups is 1. The molecule has 1 saturated heterocycles. The number of hydrogen-bond donors (Lipinski definition) is 0. The quantitative estimate of drug-likeness (QED) is 0.300. The van der Waals surface area contributed by atoms with Crippen LogP contribution < -0.4 is 0 Å². The van der Waals surface area contributed by atoms with E-state index in [9.17, 15) is 14.9 Å². The molecule has 0 radical (unpaired) electrons. The zero-order chi connectivity index (χ0) is 18.0. The summed E-state index contributed by atoms with van der Waals surface area (Å²) in [5.41, 5.74) is 1.52. The van der Waals surface area contributed by atoms with Gasteiger partial charge in [-0.25, -0.2) is 0 Å². The number of benzene rings is 2. The number of carbonyl (C=O) groups is 1. The van der Waals surface area contributed by atoms with Crippen molar-refractivity contribution in [3.05, 3.63) is 79.2 Å². The van der Waals surface area contributed by atoms with Gasteiger partial charge < -0.3 is 0 Å². The number of nitro groups is 1. The maximum absolute atomic E-state index is 12.6. The van der Waals surface area contributed by atoms with Crippen molar-refractivity contribution in [1.82, 2.24) is 4.90 Å². The second-order valence-corrected chi connectivity index (χ2v) is 7.75. The Morgan fingerprint density at radius 3 is 2.64 bits per heavy atom. The molecule has 1 heterocycles. The molecular formula is C17H11BrN2O3S2. The van der Waals surface area contributed by atoms with Crippen LogP contribution in [0.2, 0.25) is 0 Å². The van der Waals surface area contributed by atoms with Gasteiger partial charge in [-0.2, -0.15) is 0 Å². The minimum absolute atomic E-state index is 0.0477. The second-order valence-electron chi connectivity index (χ2n) is 5.22. The van der Waals surface area contributed by atoms with Crippen LogP contribution in [-0.4, -0.2) is 20.1 Å². The molecular weight excluding hydrogens is 424 g/mol. The zero-order valence-electron chi connectivity index (χ0n) is 12.7. The molecule has 25 heavy (non-hydrogen) atoms. The van der Waals surface area contributed by atoms with Crippen molar-refractivity contribution >= 4 is 61.9 Å². The average Bonchev–Trinajstić information content (AvgIpc) is 2.85. The van der Waals surface area contributed by atoms with Gasteiger partial charge in [-0.05, 0) is 39.2 Å². The molecule has 0 spiro atoms. The lowest BCUT2D eigenvalue weighted by atomic mass is 10.2. The molecule has 2 aromatic carbocycles. The summed E-state index contributed by atoms with van der Waals surface area (Å²) in [5, 5.41) is 11.0. The third-order valence-electron chi connectivity index (χ3n) is 3.52. The molecule has 2 aromatic rings. The fraction of sp³-hybridized carbons (Fsp3) is 0.0588. The van der Waals surface area contributed by atoms with Crippen LogP contribution >= 0.6 is 39.9 Å². The number of hydrogen-bond acceptors (Lipinski definition) is 5. The van der Waals surface area contributed by atoms with E-state index in [0.717, 1.165) is 5.56 Å². The van der Waals surface area contributed by atoms with E-state index in [1.807, 2.05) is 30.3 Å². The zero-order valence-corrected chi connectivity index (χ0v) is 15.9. The first-order valence-corrected chi connectivity index (χ1v) is 9.21. The predicted octanol–water partition coefficient (Wildman–Crippen LogP) is 4.76. The second kappa shape index (κ2) is 7.47. The molecule has 1 fully saturated rings. The molecule has 0 saturated carbocycles. The average molecular weight is 435 g/mol. The predicted molar refractivity (Wildman–Crippen MR) is 106 cm³/mol. The van der Waals surface area contributed by atoms with E-state index in [4.69, 9.17) is 12.2 Å². The Kier molecular flexibility index (Phi) is 5.31. The summed E-state index contributed by atoms with van der Waals surface area (Å²) in [5.74, 6) is -0.190. The summed E-state index contributed by atoms with van der Waals surface area (Å²) in [6.07, 6.45) is 1.63. The number of nitro benzene ring substituents is 1. The first-order chi connectivity index (χ1) is 12.0. The van der Waals surface area contributed by atoms with Gasteiger partial charge in [0.25, 0.3) is 11.6 Å². The minimum Gasteiger partial charge on any atom is -0.288 e. The van der Waals surface area contributed by atoms with Crippen LogP contribution in [0.5, 0.6) is 0 Å². The van der Waals surface area contributed by atoms with Crippen LogP contribution in [0.1, 0.15) is 11.1 Å². The first kappa shape index (κ1) is 17.8. The molecule has 1 amide bonds. The minimum atomic E-state index is -0.470. The molecule has 0 aromatic heterocycles. The summed E-state index contributed by atoms with van der Waals surface area (Å²) in [6.45, 7) is 0.406. The van der Waals surface area contributed by atoms with Crippen molar-refractivity contribution in [3.63, 3.8) is 0 Å². The van der Waals surface area contributed by atoms with E-state index in [1.54, 1.807) is 18.2 Å². The number of thioether (sulfide) groups is 1. The maximum Gasteiger partial charge on any atom is 0.284 e. The van der Waals surface area contributed by atoms with Gasteiger partial charge in [0.2, 0.25) is 0 Å². The van der Waals surface area contributed by atoms with Crippen molar-refractivity contribution in [2.75, 3.05) is 0 Å². The van der Waals surface area contributed by atoms with Crippen molar-refractivity contribution < 1.29 is 9.72 Å². The van der Waals surface area contributed by atoms with Gasteiger partial charge in [0.05, 0.1) is 20.8 Å². The van der Waals surface area contributed by atoms with Gasteiger partial charge in [0.15, 0.2) is 0 Å². The maximum atomic E-state index is 12.6. The molecule has 1 aliphatic rings. The summed E-state index contributed by atoms with van der Waals surface area (Å²) >= 11 is 9.66. The number of nitrogens with zero attached hydrogens (tertiary/aromatic N) is 2. The van der Waals surface area contributed by atoms with Crippen LogP contribution in [0, 0.1) is 10.1 Å². The summed E-state index contributed by atoms with van der Waals surface area (Å²) in [4.78, 5) is 25.2. The molecule has 0 N–H and O–H groups in total. The van der Waals surface area contributed by atoms with E-state index in [2.05, 4.69) is 15.9 Å². The molecule has 5 nitrogen and oxygen atoms in total. The lowest BCUT2D eigenvalue weighted by molar-refractivity contribution is -0.385. The standard InChI is InChI=1S/C17H11BrN2O3S2/c18-13-7-6-12(8-14(13)20(22)23)9-15-16(21)19(17(24)25-15)10-11-4-2-1-3-5-11/h1-9H,10H2. The van der Waals surface area contributed by atoms with Gasteiger partial charge in [0.1, 0.15) is 4.32 Å². The number of halogens is 1. The van der Waals surface area contributed by atoms with E-state index in [1.165, 1.54) is 22.7 Å². The van der Waals surface area contributed by atoms with Crippen LogP contribution in [0.4, 0.5) is 5.69 Å². The van der Waals surface area contributed by atoms with Crippen LogP contribution in [0.25, 0.3) is 6.08 Å². The molecule has 0 bridgehead atoms. The molecule has 3 rings (SSSR count). The van der Waals surface area contributed by atoms with Crippen molar-refractivity contribution in [2.24, 2.45) is 0 Å². The van der Waals surface area contributed by atoms with Crippen molar-refractivity contribution in [1.29, 1.82) is 0 Å². The highest BCUT2D eigenvalue weighted by molar-refractivity contribution is 9.10. The lowest BCUT2D eigenvalue weighted by Gasteiger charge is -2.14. The Bertz CT molecular complexity index is 900. The van der Waals surface area contributed by atoms with Gasteiger partial charge in [-0.1, -0.05) is 60.4 Å². The van der Waals surface area contributed by atoms with Crippen LogP contribution in [-0.2, 0) is 11.3 Å². The van der Waals surface area contributed by atoms with E-state index < -0.39 is 4.92 Å². The number of amides is 1. The molecule has 0 atom stereocenters. The Balaban J connectivity index is 1.85. The van der Waals surface area contributed by atoms with Gasteiger partial charge in [0, 0.05) is 6.07 Å². The monoisotopic (exact) mass is 434 g/mol. The highest BCUT2D eigenvalue weighted by Gasteiger charge is 2.32. The highest BCUT2D eigenvalue weighted by atomic mass is 79.9. The van der Waals surface area contributed by atoms with E-state index in [0.29, 0.717) is 25.8 Å². The van der Waals surface area contributed by atoms with E-state index >= 15 is 0 Å². The normalized spacial score (nSPS) is 15.9. The van der Waals surface area contributed by atoms with Gasteiger partial charge >= 0.3 is 0 Å². The molecule has 0 aliphatic carbocycles. The highest BCUT2D eigenvalue weighted by Crippen LogP contribution is 2.34. The molecule has 1 aliphatic heterocycles. The SMILES string of the molecule is O=C1C(=Cc2ccc(Br)c([N+](=O)[O-])c2)SC(=S)N1Cc1ccccc1. The summed E-state index contributed by atoms with van der Waals surface area (Å²) in [6, 6.07) is 14.3. The van der Waals surface area contributed by atoms with Crippen molar-refractivity contribution in [3.8, 4) is 0 Å². The topological polar surface area (TPSA) is 63.4 Å². The summed E-state index contributed by atoms with van der Waals surface area (Å²) in [7, 11) is 0. The van der Waals surface area contributed by atoms with Gasteiger partial charge in [-0.15, -0.1) is 0 Å². The van der Waals surface area contributed by atoms with E-state index in [-0.39, 0.29) is 11.6 Å². The third kappa shape index (κ3) is 3.97.